The molecule has 2 atom stereocenters. The van der Waals surface area contributed by atoms with Crippen molar-refractivity contribution < 1.29 is 28.7 Å². The zero-order valence-electron chi connectivity index (χ0n) is 23.3. The standard InChI is InChI=1S/C27H44N4O6/c1-26(2,3)36-24(34)21(16-28)17-29-23(33)20-8-7-13-31(18-20)22(32)10-9-19-11-14-30(15-12-19)25(35)37-27(4,5)6/h19-21H,7-15,17-18H2,1-6H3,(H,29,33)/t20-,21-/m1/s1. The summed E-state index contributed by atoms with van der Waals surface area (Å²) in [4.78, 5) is 53.5. The molecule has 0 radical (unpaired) electrons. The van der Waals surface area contributed by atoms with Crippen LogP contribution in [0.2, 0.25) is 0 Å². The topological polar surface area (TPSA) is 129 Å². The van der Waals surface area contributed by atoms with E-state index in [1.807, 2.05) is 26.8 Å². The molecule has 2 fully saturated rings. The summed E-state index contributed by atoms with van der Waals surface area (Å²) >= 11 is 0. The lowest BCUT2D eigenvalue weighted by molar-refractivity contribution is -0.157. The Morgan fingerprint density at radius 1 is 0.946 bits per heavy atom. The number of amides is 3. The minimum Gasteiger partial charge on any atom is -0.459 e. The van der Waals surface area contributed by atoms with Crippen LogP contribution in [0.15, 0.2) is 0 Å². The fourth-order valence-electron chi connectivity index (χ4n) is 4.54. The van der Waals surface area contributed by atoms with Gasteiger partial charge in [0.05, 0.1) is 12.0 Å². The van der Waals surface area contributed by atoms with Crippen LogP contribution in [0.5, 0.6) is 0 Å². The third-order valence-corrected chi connectivity index (χ3v) is 6.51. The van der Waals surface area contributed by atoms with Crippen LogP contribution in [-0.4, -0.2) is 77.6 Å². The Morgan fingerprint density at radius 2 is 1.57 bits per heavy atom. The van der Waals surface area contributed by atoms with Gasteiger partial charge in [0.25, 0.3) is 0 Å². The number of hydrogen-bond donors (Lipinski definition) is 1. The number of rotatable bonds is 7. The fourth-order valence-corrected chi connectivity index (χ4v) is 4.54. The van der Waals surface area contributed by atoms with Crippen molar-refractivity contribution in [2.24, 2.45) is 17.8 Å². The van der Waals surface area contributed by atoms with Crippen molar-refractivity contribution in [1.82, 2.24) is 15.1 Å². The molecule has 0 aromatic rings. The van der Waals surface area contributed by atoms with Crippen molar-refractivity contribution in [3.05, 3.63) is 0 Å². The molecule has 0 aromatic heterocycles. The van der Waals surface area contributed by atoms with Crippen LogP contribution in [0.4, 0.5) is 4.79 Å². The summed E-state index contributed by atoms with van der Waals surface area (Å²) in [5.41, 5.74) is -1.23. The van der Waals surface area contributed by atoms with Crippen LogP contribution in [0.25, 0.3) is 0 Å². The molecule has 0 aromatic carbocycles. The molecule has 2 heterocycles. The molecule has 2 aliphatic rings. The van der Waals surface area contributed by atoms with Crippen molar-refractivity contribution >= 4 is 23.9 Å². The van der Waals surface area contributed by atoms with Gasteiger partial charge in [-0.2, -0.15) is 5.26 Å². The highest BCUT2D eigenvalue weighted by atomic mass is 16.6. The van der Waals surface area contributed by atoms with Gasteiger partial charge in [0, 0.05) is 39.1 Å². The summed E-state index contributed by atoms with van der Waals surface area (Å²) in [7, 11) is 0. The Bertz CT molecular complexity index is 862. The lowest BCUT2D eigenvalue weighted by Gasteiger charge is -2.34. The first-order chi connectivity index (χ1) is 17.2. The SMILES string of the molecule is CC(C)(C)OC(=O)[C@H](C#N)CNC(=O)[C@@H]1CCCN(C(=O)CCC2CCN(C(=O)OC(C)(C)C)CC2)C1. The van der Waals surface area contributed by atoms with Gasteiger partial charge in [-0.25, -0.2) is 4.79 Å². The summed E-state index contributed by atoms with van der Waals surface area (Å²) < 4.78 is 10.7. The molecular formula is C27H44N4O6. The van der Waals surface area contributed by atoms with Gasteiger partial charge >= 0.3 is 12.1 Å². The third kappa shape index (κ3) is 10.6. The van der Waals surface area contributed by atoms with Gasteiger partial charge in [0.1, 0.15) is 11.2 Å². The first-order valence-electron chi connectivity index (χ1n) is 13.3. The van der Waals surface area contributed by atoms with Crippen LogP contribution < -0.4 is 5.32 Å². The number of likely N-dealkylation sites (tertiary alicyclic amines) is 2. The summed E-state index contributed by atoms with van der Waals surface area (Å²) in [5, 5.41) is 12.0. The van der Waals surface area contributed by atoms with Gasteiger partial charge in [0.15, 0.2) is 5.92 Å². The van der Waals surface area contributed by atoms with Crippen LogP contribution in [0, 0.1) is 29.1 Å². The predicted octanol–water partition coefficient (Wildman–Crippen LogP) is 3.25. The van der Waals surface area contributed by atoms with Crippen LogP contribution >= 0.6 is 0 Å². The van der Waals surface area contributed by atoms with Gasteiger partial charge in [-0.1, -0.05) is 0 Å². The van der Waals surface area contributed by atoms with Gasteiger partial charge < -0.3 is 24.6 Å². The summed E-state index contributed by atoms with van der Waals surface area (Å²) in [6.07, 6.45) is 3.96. The van der Waals surface area contributed by atoms with Crippen LogP contribution in [0.1, 0.15) is 80.1 Å². The highest BCUT2D eigenvalue weighted by molar-refractivity contribution is 5.82. The fraction of sp³-hybridized carbons (Fsp3) is 0.815. The Labute approximate surface area is 221 Å². The van der Waals surface area contributed by atoms with Crippen molar-refractivity contribution in [2.75, 3.05) is 32.7 Å². The first-order valence-corrected chi connectivity index (χ1v) is 13.3. The predicted molar refractivity (Wildman–Crippen MR) is 137 cm³/mol. The van der Waals surface area contributed by atoms with Gasteiger partial charge in [-0.3, -0.25) is 14.4 Å². The summed E-state index contributed by atoms with van der Waals surface area (Å²) in [5.74, 6) is -1.94. The maximum atomic E-state index is 12.9. The van der Waals surface area contributed by atoms with E-state index < -0.39 is 23.1 Å². The first kappa shape index (κ1) is 30.4. The Kier molecular flexibility index (Phi) is 10.8. The van der Waals surface area contributed by atoms with Gasteiger partial charge in [-0.05, 0) is 79.6 Å². The van der Waals surface area contributed by atoms with Gasteiger partial charge in [-0.15, -0.1) is 0 Å². The van der Waals surface area contributed by atoms with Crippen molar-refractivity contribution in [3.8, 4) is 6.07 Å². The normalized spacial score (nSPS) is 20.0. The molecule has 10 nitrogen and oxygen atoms in total. The highest BCUT2D eigenvalue weighted by Crippen LogP contribution is 2.25. The second-order valence-corrected chi connectivity index (χ2v) is 12.1. The second-order valence-electron chi connectivity index (χ2n) is 12.1. The average Bonchev–Trinajstić information content (AvgIpc) is 2.81. The number of nitriles is 1. The quantitative estimate of drug-likeness (QED) is 0.510. The minimum atomic E-state index is -1.08. The van der Waals surface area contributed by atoms with E-state index in [0.29, 0.717) is 44.9 Å². The number of nitrogens with zero attached hydrogens (tertiary/aromatic N) is 3. The van der Waals surface area contributed by atoms with Crippen molar-refractivity contribution in [1.29, 1.82) is 5.26 Å². The van der Waals surface area contributed by atoms with Crippen molar-refractivity contribution in [3.63, 3.8) is 0 Å². The zero-order valence-corrected chi connectivity index (χ0v) is 23.3. The van der Waals surface area contributed by atoms with E-state index in [-0.39, 0.29) is 30.4 Å². The molecule has 0 saturated carbocycles. The molecule has 2 aliphatic heterocycles. The summed E-state index contributed by atoms with van der Waals surface area (Å²) in [6, 6.07) is 1.89. The maximum absolute atomic E-state index is 12.9. The molecule has 0 spiro atoms. The van der Waals surface area contributed by atoms with Crippen molar-refractivity contribution in [2.45, 2.75) is 91.3 Å². The number of esters is 1. The van der Waals surface area contributed by atoms with E-state index in [4.69, 9.17) is 9.47 Å². The zero-order chi connectivity index (χ0) is 27.8. The minimum absolute atomic E-state index is 0.0377. The van der Waals surface area contributed by atoms with E-state index >= 15 is 0 Å². The molecule has 1 N–H and O–H groups in total. The lowest BCUT2D eigenvalue weighted by atomic mass is 9.91. The number of hydrogen-bond acceptors (Lipinski definition) is 7. The second kappa shape index (κ2) is 13.1. The van der Waals surface area contributed by atoms with E-state index in [9.17, 15) is 24.4 Å². The van der Waals surface area contributed by atoms with Crippen LogP contribution in [0.3, 0.4) is 0 Å². The molecule has 0 aliphatic carbocycles. The monoisotopic (exact) mass is 520 g/mol. The maximum Gasteiger partial charge on any atom is 0.410 e. The average molecular weight is 521 g/mol. The highest BCUT2D eigenvalue weighted by Gasteiger charge is 2.32. The molecule has 10 heteroatoms. The van der Waals surface area contributed by atoms with Crippen LogP contribution in [-0.2, 0) is 23.9 Å². The number of ether oxygens (including phenoxy) is 2. The Morgan fingerprint density at radius 3 is 2.14 bits per heavy atom. The number of nitrogens with one attached hydrogen (secondary N) is 1. The van der Waals surface area contributed by atoms with E-state index in [1.54, 1.807) is 30.6 Å². The lowest BCUT2D eigenvalue weighted by Crippen LogP contribution is -2.47. The molecule has 2 rings (SSSR count). The molecule has 0 unspecified atom stereocenters. The Balaban J connectivity index is 1.75. The number of carbonyl (C=O) groups excluding carboxylic acids is 4. The Hall–Kier alpha value is -2.83. The van der Waals surface area contributed by atoms with E-state index in [0.717, 1.165) is 25.7 Å². The van der Waals surface area contributed by atoms with Gasteiger partial charge in [0.2, 0.25) is 11.8 Å². The smallest absolute Gasteiger partial charge is 0.410 e. The molecule has 0 bridgehead atoms. The molecule has 2 saturated heterocycles. The largest absolute Gasteiger partial charge is 0.459 e. The van der Waals surface area contributed by atoms with E-state index in [2.05, 4.69) is 5.32 Å². The molecule has 37 heavy (non-hydrogen) atoms. The molecule has 208 valence electrons. The van der Waals surface area contributed by atoms with E-state index in [1.165, 1.54) is 0 Å². The number of carbonyl (C=O) groups is 4. The molecular weight excluding hydrogens is 476 g/mol. The number of piperidine rings is 2. The molecule has 3 amide bonds. The third-order valence-electron chi connectivity index (χ3n) is 6.51. The summed E-state index contributed by atoms with van der Waals surface area (Å²) in [6.45, 7) is 12.8.